The minimum Gasteiger partial charge on any atom is -0.467 e. The molecule has 8 heteroatoms. The van der Waals surface area contributed by atoms with E-state index in [2.05, 4.69) is 15.0 Å². The summed E-state index contributed by atoms with van der Waals surface area (Å²) in [6.07, 6.45) is 0.489. The van der Waals surface area contributed by atoms with Gasteiger partial charge in [-0.15, -0.1) is 0 Å². The molecule has 1 aliphatic rings. The van der Waals surface area contributed by atoms with Crippen LogP contribution in [0.5, 0.6) is 6.01 Å². The highest BCUT2D eigenvalue weighted by Gasteiger charge is 2.22. The largest absolute Gasteiger partial charge is 0.467 e. The van der Waals surface area contributed by atoms with Crippen LogP contribution in [0.3, 0.4) is 0 Å². The van der Waals surface area contributed by atoms with E-state index in [1.165, 1.54) is 18.3 Å². The number of anilines is 1. The average molecular weight is 239 g/mol. The summed E-state index contributed by atoms with van der Waals surface area (Å²) in [6.45, 7) is 2.03. The van der Waals surface area contributed by atoms with E-state index < -0.39 is 6.09 Å². The predicted molar refractivity (Wildman–Crippen MR) is 58.2 cm³/mol. The highest BCUT2D eigenvalue weighted by molar-refractivity contribution is 5.65. The lowest BCUT2D eigenvalue weighted by molar-refractivity contribution is 0.142. The lowest BCUT2D eigenvalue weighted by atomic mass is 10.3. The Balaban J connectivity index is 2.02. The van der Waals surface area contributed by atoms with Gasteiger partial charge in [0, 0.05) is 26.2 Å². The molecule has 0 saturated carbocycles. The maximum absolute atomic E-state index is 10.7. The van der Waals surface area contributed by atoms with E-state index in [4.69, 9.17) is 9.84 Å². The second kappa shape index (κ2) is 4.81. The first-order valence-corrected chi connectivity index (χ1v) is 5.16. The molecule has 0 radical (unpaired) electrons. The Labute approximate surface area is 97.9 Å². The molecule has 2 heterocycles. The topological polar surface area (TPSA) is 91.7 Å². The van der Waals surface area contributed by atoms with Crippen molar-refractivity contribution >= 4 is 12.0 Å². The number of carboxylic acid groups (broad SMARTS) is 1. The van der Waals surface area contributed by atoms with Crippen LogP contribution in [0, 0.1) is 0 Å². The summed E-state index contributed by atoms with van der Waals surface area (Å²) in [5, 5.41) is 8.82. The number of amides is 1. The van der Waals surface area contributed by atoms with Crippen molar-refractivity contribution < 1.29 is 14.6 Å². The van der Waals surface area contributed by atoms with E-state index in [1.807, 2.05) is 4.90 Å². The van der Waals surface area contributed by atoms with Crippen molar-refractivity contribution in [2.75, 3.05) is 38.2 Å². The Morgan fingerprint density at radius 2 is 2.06 bits per heavy atom. The van der Waals surface area contributed by atoms with E-state index in [0.717, 1.165) is 0 Å². The molecule has 2 rings (SSSR count). The molecule has 1 aliphatic heterocycles. The monoisotopic (exact) mass is 239 g/mol. The van der Waals surface area contributed by atoms with Crippen LogP contribution in [-0.2, 0) is 0 Å². The molecule has 0 aromatic carbocycles. The van der Waals surface area contributed by atoms with Gasteiger partial charge in [0.2, 0.25) is 5.95 Å². The first-order valence-electron chi connectivity index (χ1n) is 5.16. The maximum atomic E-state index is 10.7. The Hall–Kier alpha value is -2.12. The molecule has 8 nitrogen and oxygen atoms in total. The summed E-state index contributed by atoms with van der Waals surface area (Å²) < 4.78 is 4.91. The van der Waals surface area contributed by atoms with Gasteiger partial charge >= 0.3 is 12.1 Å². The van der Waals surface area contributed by atoms with Gasteiger partial charge in [-0.25, -0.2) is 9.78 Å². The lowest BCUT2D eigenvalue weighted by Gasteiger charge is -2.32. The number of carbonyl (C=O) groups is 1. The van der Waals surface area contributed by atoms with Crippen molar-refractivity contribution in [1.29, 1.82) is 0 Å². The maximum Gasteiger partial charge on any atom is 0.407 e. The molecule has 92 valence electrons. The summed E-state index contributed by atoms with van der Waals surface area (Å²) in [5.74, 6) is 0.516. The van der Waals surface area contributed by atoms with Gasteiger partial charge in [-0.1, -0.05) is 0 Å². The fraction of sp³-hybridized carbons (Fsp3) is 0.556. The number of hydrogen-bond donors (Lipinski definition) is 1. The molecular weight excluding hydrogens is 226 g/mol. The van der Waals surface area contributed by atoms with E-state index in [-0.39, 0.29) is 6.01 Å². The number of methoxy groups -OCH3 is 1. The highest BCUT2D eigenvalue weighted by Crippen LogP contribution is 2.12. The third-order valence-corrected chi connectivity index (χ3v) is 2.55. The molecule has 1 amide bonds. The van der Waals surface area contributed by atoms with Gasteiger partial charge in [-0.05, 0) is 0 Å². The van der Waals surface area contributed by atoms with Gasteiger partial charge in [0.15, 0.2) is 0 Å². The van der Waals surface area contributed by atoms with Crippen molar-refractivity contribution in [3.8, 4) is 6.01 Å². The second-order valence-electron chi connectivity index (χ2n) is 3.53. The summed E-state index contributed by atoms with van der Waals surface area (Å²) in [4.78, 5) is 26.0. The SMILES string of the molecule is COc1ncnc(N2CCN(C(=O)O)CC2)n1. The number of nitrogens with zero attached hydrogens (tertiary/aromatic N) is 5. The van der Waals surface area contributed by atoms with Gasteiger partial charge in [-0.2, -0.15) is 9.97 Å². The molecule has 0 aliphatic carbocycles. The first kappa shape index (κ1) is 11.4. The van der Waals surface area contributed by atoms with Crippen LogP contribution in [-0.4, -0.2) is 64.3 Å². The van der Waals surface area contributed by atoms with Crippen molar-refractivity contribution in [3.63, 3.8) is 0 Å². The van der Waals surface area contributed by atoms with Crippen LogP contribution >= 0.6 is 0 Å². The van der Waals surface area contributed by atoms with E-state index in [9.17, 15) is 4.79 Å². The van der Waals surface area contributed by atoms with E-state index in [1.54, 1.807) is 0 Å². The Bertz CT molecular complexity index is 405. The van der Waals surface area contributed by atoms with Gasteiger partial charge in [0.05, 0.1) is 7.11 Å². The summed E-state index contributed by atoms with van der Waals surface area (Å²) in [6, 6.07) is 0.260. The molecule has 0 atom stereocenters. The average Bonchev–Trinajstić information content (AvgIpc) is 2.39. The number of rotatable bonds is 2. The fourth-order valence-electron chi connectivity index (χ4n) is 1.62. The van der Waals surface area contributed by atoms with Gasteiger partial charge < -0.3 is 19.6 Å². The van der Waals surface area contributed by atoms with Gasteiger partial charge in [-0.3, -0.25) is 0 Å². The van der Waals surface area contributed by atoms with Crippen LogP contribution in [0.25, 0.3) is 0 Å². The van der Waals surface area contributed by atoms with Crippen molar-refractivity contribution in [1.82, 2.24) is 19.9 Å². The van der Waals surface area contributed by atoms with Crippen LogP contribution in [0.1, 0.15) is 0 Å². The van der Waals surface area contributed by atoms with E-state index >= 15 is 0 Å². The quantitative estimate of drug-likeness (QED) is 0.756. The van der Waals surface area contributed by atoms with Crippen LogP contribution in [0.2, 0.25) is 0 Å². The molecule has 1 N–H and O–H groups in total. The molecule has 1 aromatic heterocycles. The molecule has 0 bridgehead atoms. The minimum absolute atomic E-state index is 0.260. The molecule has 17 heavy (non-hydrogen) atoms. The van der Waals surface area contributed by atoms with Gasteiger partial charge in [0.1, 0.15) is 6.33 Å². The Morgan fingerprint density at radius 3 is 2.65 bits per heavy atom. The minimum atomic E-state index is -0.891. The zero-order chi connectivity index (χ0) is 12.3. The van der Waals surface area contributed by atoms with Crippen LogP contribution in [0.4, 0.5) is 10.7 Å². The van der Waals surface area contributed by atoms with Gasteiger partial charge in [0.25, 0.3) is 0 Å². The smallest absolute Gasteiger partial charge is 0.407 e. The summed E-state index contributed by atoms with van der Waals surface area (Å²) in [7, 11) is 1.49. The molecule has 0 spiro atoms. The molecule has 1 saturated heterocycles. The number of piperazine rings is 1. The third kappa shape index (κ3) is 2.52. The standard InChI is InChI=1S/C9H13N5O3/c1-17-8-11-6-10-7(12-8)13-2-4-14(5-3-13)9(15)16/h6H,2-5H2,1H3,(H,15,16). The lowest BCUT2D eigenvalue weighted by Crippen LogP contribution is -2.48. The van der Waals surface area contributed by atoms with Crippen molar-refractivity contribution in [2.45, 2.75) is 0 Å². The predicted octanol–water partition coefficient (Wildman–Crippen LogP) is -0.320. The van der Waals surface area contributed by atoms with Crippen molar-refractivity contribution in [3.05, 3.63) is 6.33 Å². The molecular formula is C9H13N5O3. The van der Waals surface area contributed by atoms with Crippen LogP contribution in [0.15, 0.2) is 6.33 Å². The summed E-state index contributed by atoms with van der Waals surface area (Å²) >= 11 is 0. The normalized spacial score (nSPS) is 15.8. The molecule has 0 unspecified atom stereocenters. The fourth-order valence-corrected chi connectivity index (χ4v) is 1.62. The second-order valence-corrected chi connectivity index (χ2v) is 3.53. The Kier molecular flexibility index (Phi) is 3.22. The zero-order valence-electron chi connectivity index (χ0n) is 9.41. The summed E-state index contributed by atoms with van der Waals surface area (Å²) in [5.41, 5.74) is 0. The number of aromatic nitrogens is 3. The Morgan fingerprint density at radius 1 is 1.35 bits per heavy atom. The number of ether oxygens (including phenoxy) is 1. The zero-order valence-corrected chi connectivity index (χ0v) is 9.41. The van der Waals surface area contributed by atoms with Crippen LogP contribution < -0.4 is 9.64 Å². The molecule has 1 fully saturated rings. The first-order chi connectivity index (χ1) is 8.20. The van der Waals surface area contributed by atoms with E-state index in [0.29, 0.717) is 32.1 Å². The highest BCUT2D eigenvalue weighted by atomic mass is 16.5. The molecule has 1 aromatic rings. The van der Waals surface area contributed by atoms with Crippen molar-refractivity contribution in [2.24, 2.45) is 0 Å². The third-order valence-electron chi connectivity index (χ3n) is 2.55. The number of hydrogen-bond acceptors (Lipinski definition) is 6.